The van der Waals surface area contributed by atoms with Crippen LogP contribution in [0.4, 0.5) is 0 Å². The van der Waals surface area contributed by atoms with Gasteiger partial charge in [0.05, 0.1) is 19.0 Å². The van der Waals surface area contributed by atoms with E-state index in [1.165, 1.54) is 13.3 Å². The van der Waals surface area contributed by atoms with Crippen molar-refractivity contribution in [2.75, 3.05) is 13.7 Å². The van der Waals surface area contributed by atoms with Gasteiger partial charge in [0.25, 0.3) is 0 Å². The van der Waals surface area contributed by atoms with Gasteiger partial charge in [0, 0.05) is 19.0 Å². The van der Waals surface area contributed by atoms with Crippen LogP contribution in [0.5, 0.6) is 0 Å². The van der Waals surface area contributed by atoms with Crippen molar-refractivity contribution in [2.24, 2.45) is 12.8 Å². The van der Waals surface area contributed by atoms with Crippen molar-refractivity contribution < 1.29 is 9.53 Å². The van der Waals surface area contributed by atoms with E-state index in [-0.39, 0.29) is 11.4 Å². The molecule has 0 aliphatic carbocycles. The summed E-state index contributed by atoms with van der Waals surface area (Å²) in [6, 6.07) is 0. The zero-order valence-corrected chi connectivity index (χ0v) is 9.57. The fraction of sp³-hybridized carbons (Fsp3) is 0.600. The fourth-order valence-corrected chi connectivity index (χ4v) is 1.60. The molecule has 0 amide bonds. The first-order chi connectivity index (χ1) is 6.94. The summed E-state index contributed by atoms with van der Waals surface area (Å²) in [5, 5.41) is 4.06. The highest BCUT2D eigenvalue weighted by molar-refractivity contribution is 5.90. The lowest BCUT2D eigenvalue weighted by Gasteiger charge is -2.23. The van der Waals surface area contributed by atoms with Crippen LogP contribution < -0.4 is 5.73 Å². The summed E-state index contributed by atoms with van der Waals surface area (Å²) < 4.78 is 6.36. The molecule has 15 heavy (non-hydrogen) atoms. The number of rotatable bonds is 3. The summed E-state index contributed by atoms with van der Waals surface area (Å²) in [7, 11) is 3.15. The Morgan fingerprint density at radius 2 is 2.27 bits per heavy atom. The lowest BCUT2D eigenvalue weighted by molar-refractivity contribution is 0.0597. The van der Waals surface area contributed by atoms with E-state index in [9.17, 15) is 4.79 Å². The van der Waals surface area contributed by atoms with E-state index in [1.807, 2.05) is 13.8 Å². The summed E-state index contributed by atoms with van der Waals surface area (Å²) >= 11 is 0. The Labute approximate surface area is 89.2 Å². The minimum Gasteiger partial charge on any atom is -0.465 e. The molecule has 0 atom stereocenters. The molecule has 0 saturated carbocycles. The number of hydrogen-bond acceptors (Lipinski definition) is 4. The molecule has 5 heteroatoms. The molecule has 0 aromatic carbocycles. The molecule has 1 rings (SSSR count). The smallest absolute Gasteiger partial charge is 0.341 e. The van der Waals surface area contributed by atoms with Crippen LogP contribution in [-0.4, -0.2) is 29.4 Å². The normalized spacial score (nSPS) is 11.5. The molecule has 2 N–H and O–H groups in total. The minimum absolute atomic E-state index is 0.297. The largest absolute Gasteiger partial charge is 0.465 e. The molecule has 0 bridgehead atoms. The van der Waals surface area contributed by atoms with Crippen LogP contribution in [0.15, 0.2) is 6.20 Å². The number of esters is 1. The second kappa shape index (κ2) is 4.02. The molecule has 0 radical (unpaired) electrons. The first kappa shape index (κ1) is 11.7. The maximum Gasteiger partial charge on any atom is 0.341 e. The minimum atomic E-state index is -0.375. The van der Waals surface area contributed by atoms with Crippen molar-refractivity contribution in [3.05, 3.63) is 17.5 Å². The van der Waals surface area contributed by atoms with Gasteiger partial charge >= 0.3 is 5.97 Å². The Hall–Kier alpha value is -1.36. The number of aromatic nitrogens is 2. The Bertz CT molecular complexity index is 369. The number of nitrogens with two attached hydrogens (primary N) is 1. The van der Waals surface area contributed by atoms with Gasteiger partial charge in [-0.05, 0) is 0 Å². The van der Waals surface area contributed by atoms with E-state index in [4.69, 9.17) is 10.5 Å². The van der Waals surface area contributed by atoms with Crippen LogP contribution in [0.2, 0.25) is 0 Å². The van der Waals surface area contributed by atoms with Gasteiger partial charge in [-0.15, -0.1) is 0 Å². The number of hydrogen-bond donors (Lipinski definition) is 1. The molecule has 0 fully saturated rings. The Balaban J connectivity index is 3.27. The average molecular weight is 211 g/mol. The van der Waals surface area contributed by atoms with Gasteiger partial charge in [-0.1, -0.05) is 13.8 Å². The number of aryl methyl sites for hydroxylation is 1. The molecular weight excluding hydrogens is 194 g/mol. The zero-order valence-electron chi connectivity index (χ0n) is 9.57. The highest BCUT2D eigenvalue weighted by Crippen LogP contribution is 2.25. The SMILES string of the molecule is COC(=O)c1cnn(C)c1C(C)(C)CN. The standard InChI is InChI=1S/C10H17N3O2/c1-10(2,6-11)8-7(9(14)15-4)5-12-13(8)3/h5H,6,11H2,1-4H3. The second-order valence-corrected chi connectivity index (χ2v) is 4.11. The third-order valence-corrected chi connectivity index (χ3v) is 2.50. The van der Waals surface area contributed by atoms with E-state index in [1.54, 1.807) is 11.7 Å². The third-order valence-electron chi connectivity index (χ3n) is 2.50. The van der Waals surface area contributed by atoms with Crippen LogP contribution in [0.3, 0.4) is 0 Å². The molecule has 0 aliphatic rings. The molecule has 0 aliphatic heterocycles. The van der Waals surface area contributed by atoms with E-state index < -0.39 is 0 Å². The maximum atomic E-state index is 11.5. The molecule has 5 nitrogen and oxygen atoms in total. The van der Waals surface area contributed by atoms with E-state index in [2.05, 4.69) is 5.10 Å². The topological polar surface area (TPSA) is 70.1 Å². The maximum absolute atomic E-state index is 11.5. The van der Waals surface area contributed by atoms with Crippen molar-refractivity contribution >= 4 is 5.97 Å². The van der Waals surface area contributed by atoms with Crippen molar-refractivity contribution in [3.8, 4) is 0 Å². The first-order valence-electron chi connectivity index (χ1n) is 4.75. The molecule has 0 saturated heterocycles. The molecule has 1 aromatic rings. The van der Waals surface area contributed by atoms with Gasteiger partial charge in [0.1, 0.15) is 5.56 Å². The van der Waals surface area contributed by atoms with Gasteiger partial charge in [-0.3, -0.25) is 4.68 Å². The van der Waals surface area contributed by atoms with E-state index in [0.717, 1.165) is 5.69 Å². The molecule has 1 heterocycles. The van der Waals surface area contributed by atoms with Crippen molar-refractivity contribution in [3.63, 3.8) is 0 Å². The van der Waals surface area contributed by atoms with Crippen molar-refractivity contribution in [1.82, 2.24) is 9.78 Å². The number of nitrogens with zero attached hydrogens (tertiary/aromatic N) is 2. The van der Waals surface area contributed by atoms with Gasteiger partial charge in [-0.2, -0.15) is 5.10 Å². The summed E-state index contributed by atoms with van der Waals surface area (Å²) in [6.45, 7) is 4.38. The van der Waals surface area contributed by atoms with Gasteiger partial charge < -0.3 is 10.5 Å². The number of carbonyl (C=O) groups excluding carboxylic acids is 1. The number of methoxy groups -OCH3 is 1. The predicted octanol–water partition coefficient (Wildman–Crippen LogP) is 0.443. The molecular formula is C10H17N3O2. The van der Waals surface area contributed by atoms with Gasteiger partial charge in [0.15, 0.2) is 0 Å². The van der Waals surface area contributed by atoms with Gasteiger partial charge in [0.2, 0.25) is 0 Å². The number of ether oxygens (including phenoxy) is 1. The van der Waals surface area contributed by atoms with Crippen molar-refractivity contribution in [1.29, 1.82) is 0 Å². The average Bonchev–Trinajstić information content (AvgIpc) is 2.59. The molecule has 1 aromatic heterocycles. The van der Waals surface area contributed by atoms with Crippen LogP contribution in [0.1, 0.15) is 29.9 Å². The first-order valence-corrected chi connectivity index (χ1v) is 4.75. The van der Waals surface area contributed by atoms with E-state index in [0.29, 0.717) is 12.1 Å². The Morgan fingerprint density at radius 3 is 2.73 bits per heavy atom. The van der Waals surface area contributed by atoms with Gasteiger partial charge in [-0.25, -0.2) is 4.79 Å². The van der Waals surface area contributed by atoms with Crippen LogP contribution in [0.25, 0.3) is 0 Å². The quantitative estimate of drug-likeness (QED) is 0.737. The van der Waals surface area contributed by atoms with E-state index >= 15 is 0 Å². The van der Waals surface area contributed by atoms with Crippen LogP contribution in [0, 0.1) is 0 Å². The molecule has 0 unspecified atom stereocenters. The number of carbonyl (C=O) groups is 1. The molecule has 84 valence electrons. The van der Waals surface area contributed by atoms with Crippen LogP contribution >= 0.6 is 0 Å². The summed E-state index contributed by atoms with van der Waals surface area (Å²) in [5.41, 5.74) is 6.67. The fourth-order valence-electron chi connectivity index (χ4n) is 1.60. The summed E-state index contributed by atoms with van der Waals surface area (Å²) in [4.78, 5) is 11.5. The second-order valence-electron chi connectivity index (χ2n) is 4.11. The lowest BCUT2D eigenvalue weighted by atomic mass is 9.87. The Morgan fingerprint density at radius 1 is 1.67 bits per heavy atom. The highest BCUT2D eigenvalue weighted by atomic mass is 16.5. The highest BCUT2D eigenvalue weighted by Gasteiger charge is 2.29. The predicted molar refractivity (Wildman–Crippen MR) is 56.6 cm³/mol. The zero-order chi connectivity index (χ0) is 11.6. The van der Waals surface area contributed by atoms with Crippen molar-refractivity contribution in [2.45, 2.75) is 19.3 Å². The Kier molecular flexibility index (Phi) is 3.14. The monoisotopic (exact) mass is 211 g/mol. The lowest BCUT2D eigenvalue weighted by Crippen LogP contribution is -2.32. The summed E-state index contributed by atoms with van der Waals surface area (Å²) in [6.07, 6.45) is 1.51. The third kappa shape index (κ3) is 2.02. The molecule has 0 spiro atoms. The van der Waals surface area contributed by atoms with Crippen LogP contribution in [-0.2, 0) is 17.2 Å². The summed E-state index contributed by atoms with van der Waals surface area (Å²) in [5.74, 6) is -0.375.